The van der Waals surface area contributed by atoms with E-state index in [-0.39, 0.29) is 17.4 Å². The number of ether oxygens (including phenoxy) is 2. The molecule has 10 heteroatoms. The summed E-state index contributed by atoms with van der Waals surface area (Å²) in [5.74, 6) is 1.76. The first-order valence-corrected chi connectivity index (χ1v) is 14.2. The number of amides is 1. The standard InChI is InChI=1S/C30H34N2O5S.O2/c1-2-3-20-38-32-22-10-14-24(15-11-22)37-26-18-16-25(17-19-26)36-23-12-8-21(9-13-23)29(33)31-28-7-5-4-6-27(28)30(34)35;1-2/h4-9,12-13,16-19,22,24,32H,2-3,10-11,14-15,20H2,1H3,(H,31,33)(H,34,35);. The van der Waals surface area contributed by atoms with Gasteiger partial charge in [0.15, 0.2) is 0 Å². The molecule has 0 saturated heterocycles. The van der Waals surface area contributed by atoms with Crippen LogP contribution >= 0.6 is 11.9 Å². The quantitative estimate of drug-likeness (QED) is 0.153. The van der Waals surface area contributed by atoms with Crippen LogP contribution in [0, 0.1) is 9.93 Å². The summed E-state index contributed by atoms with van der Waals surface area (Å²) in [5, 5.41) is 11.9. The lowest BCUT2D eigenvalue weighted by Gasteiger charge is -2.29. The van der Waals surface area contributed by atoms with Crippen molar-refractivity contribution in [3.05, 3.63) is 93.9 Å². The van der Waals surface area contributed by atoms with E-state index in [0.29, 0.717) is 23.1 Å². The minimum absolute atomic E-state index is 0.0369. The molecule has 0 radical (unpaired) electrons. The molecule has 0 spiro atoms. The van der Waals surface area contributed by atoms with Crippen LogP contribution < -0.4 is 19.5 Å². The smallest absolute Gasteiger partial charge is 0.337 e. The average Bonchev–Trinajstić information content (AvgIpc) is 2.99. The zero-order chi connectivity index (χ0) is 28.7. The Balaban J connectivity index is 0.00000216. The van der Waals surface area contributed by atoms with Gasteiger partial charge in [-0.1, -0.05) is 37.4 Å². The van der Waals surface area contributed by atoms with Crippen LogP contribution in [0.5, 0.6) is 17.2 Å². The van der Waals surface area contributed by atoms with Crippen LogP contribution in [0.25, 0.3) is 0 Å². The molecule has 0 unspecified atom stereocenters. The molecule has 0 aromatic heterocycles. The second kappa shape index (κ2) is 16.3. The Kier molecular flexibility index (Phi) is 12.5. The molecule has 0 aliphatic heterocycles. The fourth-order valence-corrected chi connectivity index (χ4v) is 5.28. The molecule has 9 nitrogen and oxygen atoms in total. The lowest BCUT2D eigenvalue weighted by Crippen LogP contribution is -2.33. The zero-order valence-corrected chi connectivity index (χ0v) is 23.2. The van der Waals surface area contributed by atoms with E-state index in [1.807, 2.05) is 36.2 Å². The summed E-state index contributed by atoms with van der Waals surface area (Å²) in [6.07, 6.45) is 7.08. The Hall–Kier alpha value is -3.89. The number of rotatable bonds is 12. The molecule has 0 atom stereocenters. The van der Waals surface area contributed by atoms with Crippen molar-refractivity contribution < 1.29 is 24.2 Å². The molecule has 1 aliphatic carbocycles. The van der Waals surface area contributed by atoms with Crippen LogP contribution in [-0.2, 0) is 0 Å². The third-order valence-corrected chi connectivity index (χ3v) is 7.40. The Morgan fingerprint density at radius 3 is 2.10 bits per heavy atom. The largest absolute Gasteiger partial charge is 0.490 e. The van der Waals surface area contributed by atoms with E-state index in [1.165, 1.54) is 24.7 Å². The van der Waals surface area contributed by atoms with Gasteiger partial charge >= 0.3 is 5.97 Å². The monoisotopic (exact) mass is 566 g/mol. The maximum atomic E-state index is 12.6. The molecule has 0 bridgehead atoms. The molecule has 40 heavy (non-hydrogen) atoms. The number of nitrogens with one attached hydrogen (secondary N) is 2. The van der Waals surface area contributed by atoms with E-state index in [0.717, 1.165) is 31.4 Å². The summed E-state index contributed by atoms with van der Waals surface area (Å²) >= 11 is 1.85. The van der Waals surface area contributed by atoms with Gasteiger partial charge in [-0.05, 0) is 92.8 Å². The van der Waals surface area contributed by atoms with Crippen molar-refractivity contribution in [2.24, 2.45) is 0 Å². The molecule has 3 N–H and O–H groups in total. The summed E-state index contributed by atoms with van der Waals surface area (Å²) in [4.78, 5) is 37.9. The van der Waals surface area contributed by atoms with Crippen LogP contribution in [0.15, 0.2) is 72.8 Å². The highest BCUT2D eigenvalue weighted by atomic mass is 32.2. The first kappa shape index (κ1) is 30.6. The van der Waals surface area contributed by atoms with Gasteiger partial charge in [0.05, 0.1) is 17.4 Å². The topological polar surface area (TPSA) is 131 Å². The molecule has 1 saturated carbocycles. The van der Waals surface area contributed by atoms with Gasteiger partial charge in [0.25, 0.3) is 5.91 Å². The average molecular weight is 567 g/mol. The Morgan fingerprint density at radius 1 is 0.875 bits per heavy atom. The van der Waals surface area contributed by atoms with Gasteiger partial charge in [0.2, 0.25) is 0 Å². The van der Waals surface area contributed by atoms with Gasteiger partial charge in [-0.25, -0.2) is 4.79 Å². The predicted molar refractivity (Wildman–Crippen MR) is 158 cm³/mol. The van der Waals surface area contributed by atoms with E-state index < -0.39 is 11.9 Å². The first-order valence-electron chi connectivity index (χ1n) is 13.2. The molecule has 3 aromatic rings. The molecular weight excluding hydrogens is 532 g/mol. The van der Waals surface area contributed by atoms with Crippen molar-refractivity contribution in [1.29, 1.82) is 0 Å². The molecule has 1 fully saturated rings. The maximum Gasteiger partial charge on any atom is 0.337 e. The first-order chi connectivity index (χ1) is 19.5. The number of aromatic carboxylic acids is 1. The number of unbranched alkanes of at least 4 members (excludes halogenated alkanes) is 1. The van der Waals surface area contributed by atoms with Crippen molar-refractivity contribution in [2.45, 2.75) is 57.6 Å². The van der Waals surface area contributed by atoms with Crippen LogP contribution in [-0.4, -0.2) is 34.9 Å². The Morgan fingerprint density at radius 2 is 1.48 bits per heavy atom. The molecule has 0 heterocycles. The normalized spacial score (nSPS) is 16.2. The van der Waals surface area contributed by atoms with Gasteiger partial charge in [0, 0.05) is 27.3 Å². The zero-order valence-electron chi connectivity index (χ0n) is 22.3. The van der Waals surface area contributed by atoms with Crippen molar-refractivity contribution in [1.82, 2.24) is 4.72 Å². The van der Waals surface area contributed by atoms with Gasteiger partial charge in [-0.2, -0.15) is 0 Å². The van der Waals surface area contributed by atoms with Crippen molar-refractivity contribution in [3.8, 4) is 17.2 Å². The van der Waals surface area contributed by atoms with E-state index >= 15 is 0 Å². The molecule has 212 valence electrons. The highest BCUT2D eigenvalue weighted by Crippen LogP contribution is 2.28. The number of benzene rings is 3. The molecule has 1 aliphatic rings. The van der Waals surface area contributed by atoms with Crippen LogP contribution in [0.2, 0.25) is 0 Å². The number of carboxylic acid groups (broad SMARTS) is 1. The highest BCUT2D eigenvalue weighted by Gasteiger charge is 2.22. The SMILES string of the molecule is CCCCSNC1CCC(Oc2ccc(Oc3ccc(C(=O)Nc4ccccc4C(=O)O)cc3)cc2)CC1.O=O. The van der Waals surface area contributed by atoms with Crippen LogP contribution in [0.3, 0.4) is 0 Å². The van der Waals surface area contributed by atoms with Crippen molar-refractivity contribution in [3.63, 3.8) is 0 Å². The van der Waals surface area contributed by atoms with E-state index in [4.69, 9.17) is 19.4 Å². The van der Waals surface area contributed by atoms with Gasteiger partial charge in [0.1, 0.15) is 17.2 Å². The highest BCUT2D eigenvalue weighted by molar-refractivity contribution is 7.97. The van der Waals surface area contributed by atoms with Gasteiger partial charge in [-0.15, -0.1) is 0 Å². The number of carboxylic acids is 1. The summed E-state index contributed by atoms with van der Waals surface area (Å²) in [6, 6.07) is 21.1. The number of anilines is 1. The summed E-state index contributed by atoms with van der Waals surface area (Å²) in [6.45, 7) is 2.22. The number of hydrogen-bond acceptors (Lipinski definition) is 8. The lowest BCUT2D eigenvalue weighted by molar-refractivity contribution is 0.0698. The van der Waals surface area contributed by atoms with Gasteiger partial charge in [-0.3, -0.25) is 9.52 Å². The molecule has 1 amide bonds. The third-order valence-electron chi connectivity index (χ3n) is 6.41. The van der Waals surface area contributed by atoms with Crippen LogP contribution in [0.4, 0.5) is 5.69 Å². The summed E-state index contributed by atoms with van der Waals surface area (Å²) < 4.78 is 15.7. The minimum atomic E-state index is -1.10. The van der Waals surface area contributed by atoms with E-state index in [9.17, 15) is 14.7 Å². The molecule has 4 rings (SSSR count). The van der Waals surface area contributed by atoms with Crippen molar-refractivity contribution >= 4 is 29.5 Å². The fraction of sp³-hybridized carbons (Fsp3) is 0.333. The van der Waals surface area contributed by atoms with Crippen LogP contribution in [0.1, 0.15) is 66.2 Å². The summed E-state index contributed by atoms with van der Waals surface area (Å²) in [5.41, 5.74) is 0.680. The lowest BCUT2D eigenvalue weighted by atomic mass is 9.94. The summed E-state index contributed by atoms with van der Waals surface area (Å²) in [7, 11) is 0. The minimum Gasteiger partial charge on any atom is -0.490 e. The number of hydrogen-bond donors (Lipinski definition) is 3. The maximum absolute atomic E-state index is 12.6. The Bertz CT molecular complexity index is 1210. The van der Waals surface area contributed by atoms with Gasteiger partial charge < -0.3 is 19.9 Å². The molecule has 3 aromatic carbocycles. The third kappa shape index (κ3) is 9.39. The number of carbonyl (C=O) groups is 2. The predicted octanol–water partition coefficient (Wildman–Crippen LogP) is 7.22. The number of carbonyl (C=O) groups excluding carboxylic acids is 1. The second-order valence-electron chi connectivity index (χ2n) is 9.31. The van der Waals surface area contributed by atoms with E-state index in [2.05, 4.69) is 17.0 Å². The Labute approximate surface area is 238 Å². The van der Waals surface area contributed by atoms with E-state index in [1.54, 1.807) is 42.5 Å². The molecular formula is C30H34N2O7S. The fourth-order valence-electron chi connectivity index (χ4n) is 4.25. The van der Waals surface area contributed by atoms with Crippen molar-refractivity contribution in [2.75, 3.05) is 11.1 Å². The second-order valence-corrected chi connectivity index (χ2v) is 10.2. The number of para-hydroxylation sites is 1.